The summed E-state index contributed by atoms with van der Waals surface area (Å²) in [7, 11) is 0. The molecular formula is C44H56N5O11. The van der Waals surface area contributed by atoms with Gasteiger partial charge in [-0.1, -0.05) is 86.6 Å². The van der Waals surface area contributed by atoms with Crippen LogP contribution in [0.1, 0.15) is 70.6 Å². The number of nitrogens with one attached hydrogen (secondary N) is 4. The fourth-order valence-corrected chi connectivity index (χ4v) is 6.06. The number of carbonyl (C=O) groups is 6. The molecule has 16 nitrogen and oxygen atoms in total. The maximum atomic E-state index is 14.2. The quantitative estimate of drug-likeness (QED) is 0.0721. The zero-order chi connectivity index (χ0) is 44.4. The molecule has 60 heavy (non-hydrogen) atoms. The molecule has 0 bridgehead atoms. The average molecular weight is 831 g/mol. The largest absolute Gasteiger partial charge is 0.508 e. The summed E-state index contributed by atoms with van der Waals surface area (Å²) in [4.78, 5) is 92.4. The van der Waals surface area contributed by atoms with E-state index in [1.807, 2.05) is 6.07 Å². The Labute approximate surface area is 350 Å². The summed E-state index contributed by atoms with van der Waals surface area (Å²) in [5.41, 5.74) is 7.05. The third-order valence-electron chi connectivity index (χ3n) is 9.22. The topological polar surface area (TPSA) is 253 Å². The maximum absolute atomic E-state index is 14.2. The van der Waals surface area contributed by atoms with E-state index in [-0.39, 0.29) is 44.5 Å². The number of nitrogens with two attached hydrogens (primary N) is 1. The normalized spacial score (nSPS) is 14.2. The van der Waals surface area contributed by atoms with Crippen molar-refractivity contribution in [3.8, 4) is 5.75 Å². The predicted octanol–water partition coefficient (Wildman–Crippen LogP) is 3.23. The molecule has 8 N–H and O–H groups in total. The first-order valence-electron chi connectivity index (χ1n) is 19.7. The van der Waals surface area contributed by atoms with Crippen molar-refractivity contribution in [2.45, 2.75) is 109 Å². The van der Waals surface area contributed by atoms with Gasteiger partial charge in [0.25, 0.3) is 0 Å². The third-order valence-corrected chi connectivity index (χ3v) is 9.22. The first kappa shape index (κ1) is 48.1. The van der Waals surface area contributed by atoms with Gasteiger partial charge in [-0.2, -0.15) is 0 Å². The molecule has 0 spiro atoms. The number of alkyl carbamates (subject to hydrolysis) is 1. The van der Waals surface area contributed by atoms with Gasteiger partial charge in [0.15, 0.2) is 0 Å². The first-order valence-corrected chi connectivity index (χ1v) is 19.7. The molecule has 6 atom stereocenters. The summed E-state index contributed by atoms with van der Waals surface area (Å²) in [6, 6.07) is 16.7. The Balaban J connectivity index is 1.87. The zero-order valence-electron chi connectivity index (χ0n) is 34.5. The number of hydrogen-bond donors (Lipinski definition) is 7. The summed E-state index contributed by atoms with van der Waals surface area (Å²) < 4.78 is 10.7. The molecule has 0 fully saturated rings. The number of rotatable bonds is 22. The smallest absolute Gasteiger partial charge is 0.408 e. The molecule has 4 amide bonds. The van der Waals surface area contributed by atoms with Crippen LogP contribution in [-0.4, -0.2) is 88.1 Å². The van der Waals surface area contributed by atoms with Crippen LogP contribution in [0.15, 0.2) is 84.9 Å². The molecule has 3 aromatic carbocycles. The number of ether oxygens (including phenoxy) is 2. The van der Waals surface area contributed by atoms with Crippen LogP contribution in [0.25, 0.3) is 0 Å². The monoisotopic (exact) mass is 830 g/mol. The molecule has 323 valence electrons. The molecule has 0 aliphatic heterocycles. The van der Waals surface area contributed by atoms with Gasteiger partial charge in [0, 0.05) is 6.42 Å². The fourth-order valence-electron chi connectivity index (χ4n) is 6.06. The van der Waals surface area contributed by atoms with Crippen molar-refractivity contribution in [1.29, 1.82) is 0 Å². The van der Waals surface area contributed by atoms with E-state index in [0.717, 1.165) is 5.56 Å². The van der Waals surface area contributed by atoms with Gasteiger partial charge in [0.05, 0.1) is 12.0 Å². The van der Waals surface area contributed by atoms with Crippen LogP contribution in [0.2, 0.25) is 0 Å². The maximum Gasteiger partial charge on any atom is 0.408 e. The molecule has 0 aliphatic carbocycles. The van der Waals surface area contributed by atoms with Gasteiger partial charge in [-0.25, -0.2) is 4.79 Å². The number of phenolic OH excluding ortho intramolecular Hbond substituents is 1. The van der Waals surface area contributed by atoms with Crippen molar-refractivity contribution in [2.24, 2.45) is 17.6 Å². The van der Waals surface area contributed by atoms with Crippen LogP contribution in [-0.2, 0) is 57.7 Å². The second-order valence-corrected chi connectivity index (χ2v) is 15.7. The lowest BCUT2D eigenvalue weighted by atomic mass is 9.90. The molecule has 3 rings (SSSR count). The molecule has 0 saturated carbocycles. The summed E-state index contributed by atoms with van der Waals surface area (Å²) in [5, 5.41) is 30.2. The van der Waals surface area contributed by atoms with Crippen molar-refractivity contribution in [3.05, 3.63) is 102 Å². The van der Waals surface area contributed by atoms with E-state index in [2.05, 4.69) is 21.3 Å². The number of hydrogen-bond acceptors (Lipinski definition) is 11. The minimum absolute atomic E-state index is 0.00499. The van der Waals surface area contributed by atoms with Gasteiger partial charge < -0.3 is 46.7 Å². The molecular weight excluding hydrogens is 775 g/mol. The minimum atomic E-state index is -1.80. The molecule has 1 radical (unpaired) electrons. The van der Waals surface area contributed by atoms with Gasteiger partial charge in [0.1, 0.15) is 42.1 Å². The van der Waals surface area contributed by atoms with Gasteiger partial charge in [-0.05, 0) is 81.2 Å². The highest BCUT2D eigenvalue weighted by Gasteiger charge is 2.39. The van der Waals surface area contributed by atoms with Crippen molar-refractivity contribution >= 4 is 42.0 Å². The van der Waals surface area contributed by atoms with Gasteiger partial charge in [-0.3, -0.25) is 28.8 Å². The summed E-state index contributed by atoms with van der Waals surface area (Å²) in [6.45, 7) is 8.11. The van der Waals surface area contributed by atoms with E-state index >= 15 is 0 Å². The Bertz CT molecular complexity index is 1890. The van der Waals surface area contributed by atoms with E-state index < -0.39 is 83.4 Å². The number of carboxylic acid groups (broad SMARTS) is 1. The fraction of sp³-hybridized carbons (Fsp3) is 0.432. The first-order chi connectivity index (χ1) is 28.4. The SMILES string of the molecule is CC(C)[C@H](NC(=O)[C@@H](NC(=O)[C@H](CCC[C@@H](N)C(=O)OCc1ccccc1)NC(=O)OC(C)(C)C)C(Cc1ccccc1)C(=O)O)C(=O)N[C@H]([C]=O)Cc1ccc(O)cc1. The van der Waals surface area contributed by atoms with Crippen LogP contribution in [0, 0.1) is 11.8 Å². The number of aromatic hydroxyl groups is 1. The summed E-state index contributed by atoms with van der Waals surface area (Å²) in [5.74, 6) is -7.01. The number of esters is 1. The predicted molar refractivity (Wildman–Crippen MR) is 221 cm³/mol. The van der Waals surface area contributed by atoms with E-state index in [9.17, 15) is 43.8 Å². The highest BCUT2D eigenvalue weighted by molar-refractivity contribution is 5.96. The standard InChI is InChI=1S/C44H56N5O11/c1-27(2)36(39(53)46-31(25-50)23-29-19-21-32(51)22-20-29)48-40(54)37(33(41(55)56)24-28-13-8-6-9-14-28)49-38(52)35(47-43(58)60-44(3,4)5)18-12-17-34(45)42(57)59-26-30-15-10-7-11-16-30/h6-11,13-16,19-22,27,31,33-37,51H,12,17-18,23-24,26,45H2,1-5H3,(H,46,53)(H,47,58)(H,48,54)(H,49,52)(H,55,56)/t31-,33?,34+,35-,36-,37-/m0/s1. The number of benzene rings is 3. The Morgan fingerprint density at radius 3 is 1.82 bits per heavy atom. The molecule has 0 heterocycles. The van der Waals surface area contributed by atoms with Crippen LogP contribution >= 0.6 is 0 Å². The van der Waals surface area contributed by atoms with Crippen molar-refractivity contribution < 1.29 is 53.2 Å². The molecule has 1 unspecified atom stereocenters. The Hall–Kier alpha value is -6.29. The highest BCUT2D eigenvalue weighted by atomic mass is 16.6. The Morgan fingerprint density at radius 1 is 0.717 bits per heavy atom. The number of carboxylic acids is 1. The van der Waals surface area contributed by atoms with E-state index in [1.54, 1.807) is 108 Å². The van der Waals surface area contributed by atoms with Gasteiger partial charge in [0.2, 0.25) is 24.0 Å². The van der Waals surface area contributed by atoms with Gasteiger partial charge in [-0.15, -0.1) is 0 Å². The second-order valence-electron chi connectivity index (χ2n) is 15.7. The third kappa shape index (κ3) is 16.5. The van der Waals surface area contributed by atoms with E-state index in [1.165, 1.54) is 12.1 Å². The lowest BCUT2D eigenvalue weighted by Gasteiger charge is -2.30. The van der Waals surface area contributed by atoms with E-state index in [0.29, 0.717) is 11.1 Å². The summed E-state index contributed by atoms with van der Waals surface area (Å²) >= 11 is 0. The van der Waals surface area contributed by atoms with Crippen LogP contribution in [0.5, 0.6) is 5.75 Å². The molecule has 0 saturated heterocycles. The summed E-state index contributed by atoms with van der Waals surface area (Å²) in [6.07, 6.45) is 0.636. The zero-order valence-corrected chi connectivity index (χ0v) is 34.5. The average Bonchev–Trinajstić information content (AvgIpc) is 3.19. The molecule has 0 aliphatic rings. The van der Waals surface area contributed by atoms with Gasteiger partial charge >= 0.3 is 18.0 Å². The number of phenols is 1. The molecule has 3 aromatic rings. The second kappa shape index (κ2) is 23.3. The molecule has 0 aromatic heterocycles. The van der Waals surface area contributed by atoms with Crippen LogP contribution < -0.4 is 27.0 Å². The van der Waals surface area contributed by atoms with Crippen molar-refractivity contribution in [2.75, 3.05) is 0 Å². The lowest BCUT2D eigenvalue weighted by Crippen LogP contribution is -2.61. The minimum Gasteiger partial charge on any atom is -0.508 e. The van der Waals surface area contributed by atoms with Crippen molar-refractivity contribution in [3.63, 3.8) is 0 Å². The molecule has 16 heteroatoms. The van der Waals surface area contributed by atoms with E-state index in [4.69, 9.17) is 15.2 Å². The Morgan fingerprint density at radius 2 is 1.27 bits per heavy atom. The lowest BCUT2D eigenvalue weighted by molar-refractivity contribution is -0.147. The van der Waals surface area contributed by atoms with Crippen molar-refractivity contribution in [1.82, 2.24) is 21.3 Å². The van der Waals surface area contributed by atoms with Crippen LogP contribution in [0.3, 0.4) is 0 Å². The number of carbonyl (C=O) groups excluding carboxylic acids is 6. The highest BCUT2D eigenvalue weighted by Crippen LogP contribution is 2.18. The number of amides is 4. The number of aliphatic carboxylic acids is 1. The Kier molecular flexibility index (Phi) is 18.7. The van der Waals surface area contributed by atoms with Crippen LogP contribution in [0.4, 0.5) is 4.79 Å².